The van der Waals surface area contributed by atoms with Gasteiger partial charge in [-0.1, -0.05) is 20.8 Å². The summed E-state index contributed by atoms with van der Waals surface area (Å²) in [5, 5.41) is 21.4. The van der Waals surface area contributed by atoms with E-state index in [4.69, 9.17) is 4.42 Å². The van der Waals surface area contributed by atoms with Crippen molar-refractivity contribution in [1.82, 2.24) is 0 Å². The van der Waals surface area contributed by atoms with Crippen LogP contribution < -0.4 is 0 Å². The smallest absolute Gasteiger partial charge is 0.270 e. The number of thiophene rings is 1. The van der Waals surface area contributed by atoms with Gasteiger partial charge in [-0.3, -0.25) is 10.1 Å². The van der Waals surface area contributed by atoms with Crippen molar-refractivity contribution in [2.75, 3.05) is 0 Å². The molecule has 1 aliphatic rings. The van der Waals surface area contributed by atoms with E-state index in [-0.39, 0.29) is 11.1 Å². The first-order valence-electron chi connectivity index (χ1n) is 10.3. The third-order valence-corrected chi connectivity index (χ3v) is 7.77. The minimum Gasteiger partial charge on any atom is -0.455 e. The van der Waals surface area contributed by atoms with Crippen LogP contribution >= 0.6 is 27.3 Å². The third-order valence-electron chi connectivity index (χ3n) is 5.95. The van der Waals surface area contributed by atoms with Crippen molar-refractivity contribution >= 4 is 44.2 Å². The highest BCUT2D eigenvalue weighted by Gasteiger charge is 2.32. The normalized spacial score (nSPS) is 16.2. The monoisotopic (exact) mass is 511 g/mol. The molecular formula is C24H22BrN3O3S. The molecule has 6 nitrogen and oxygen atoms in total. The topological polar surface area (TPSA) is 92.4 Å². The Kier molecular flexibility index (Phi) is 6.06. The van der Waals surface area contributed by atoms with Crippen molar-refractivity contribution in [1.29, 1.82) is 5.26 Å². The summed E-state index contributed by atoms with van der Waals surface area (Å²) in [5.41, 5.74) is 2.80. The number of furan rings is 1. The van der Waals surface area contributed by atoms with Gasteiger partial charge >= 0.3 is 0 Å². The second-order valence-electron chi connectivity index (χ2n) is 8.98. The van der Waals surface area contributed by atoms with Crippen LogP contribution in [0.1, 0.15) is 49.0 Å². The molecule has 0 N–H and O–H groups in total. The maximum atomic E-state index is 10.9. The van der Waals surface area contributed by atoms with Crippen LogP contribution in [0.3, 0.4) is 0 Å². The number of nitriles is 1. The van der Waals surface area contributed by atoms with Crippen LogP contribution in [0.2, 0.25) is 0 Å². The third kappa shape index (κ3) is 4.41. The second kappa shape index (κ2) is 8.64. The van der Waals surface area contributed by atoms with E-state index in [1.165, 1.54) is 17.0 Å². The van der Waals surface area contributed by atoms with Gasteiger partial charge in [0.25, 0.3) is 5.69 Å². The summed E-state index contributed by atoms with van der Waals surface area (Å²) in [6.45, 7) is 6.83. The van der Waals surface area contributed by atoms with Crippen LogP contribution in [-0.2, 0) is 12.8 Å². The molecule has 2 heterocycles. The fourth-order valence-electron chi connectivity index (χ4n) is 4.02. The molecule has 3 aromatic rings. The van der Waals surface area contributed by atoms with Crippen LogP contribution in [0.15, 0.2) is 44.2 Å². The van der Waals surface area contributed by atoms with Gasteiger partial charge < -0.3 is 4.42 Å². The first-order chi connectivity index (χ1) is 15.2. The minimum absolute atomic E-state index is 0.00774. The van der Waals surface area contributed by atoms with Crippen LogP contribution in [0.4, 0.5) is 10.7 Å². The Labute approximate surface area is 198 Å². The maximum Gasteiger partial charge on any atom is 0.270 e. The number of nitro groups is 1. The van der Waals surface area contributed by atoms with Gasteiger partial charge in [0.05, 0.1) is 16.7 Å². The van der Waals surface area contributed by atoms with E-state index in [0.717, 1.165) is 29.8 Å². The molecule has 0 aliphatic heterocycles. The Balaban J connectivity index is 1.58. The van der Waals surface area contributed by atoms with Crippen molar-refractivity contribution in [2.24, 2.45) is 16.3 Å². The van der Waals surface area contributed by atoms with Crippen LogP contribution in [0, 0.1) is 32.8 Å². The van der Waals surface area contributed by atoms with Gasteiger partial charge in [0.2, 0.25) is 0 Å². The molecule has 1 aliphatic carbocycles. The van der Waals surface area contributed by atoms with Gasteiger partial charge in [0, 0.05) is 27.0 Å². The summed E-state index contributed by atoms with van der Waals surface area (Å²) in [6, 6.07) is 10.5. The lowest BCUT2D eigenvalue weighted by Crippen LogP contribution is -2.26. The predicted octanol–water partition coefficient (Wildman–Crippen LogP) is 7.45. The molecule has 0 spiro atoms. The first-order valence-corrected chi connectivity index (χ1v) is 11.9. The number of nitro benzene ring substituents is 1. The fourth-order valence-corrected chi connectivity index (χ4v) is 5.81. The van der Waals surface area contributed by atoms with Gasteiger partial charge in [-0.25, -0.2) is 4.99 Å². The second-order valence-corrected chi connectivity index (χ2v) is 10.9. The molecule has 0 fully saturated rings. The van der Waals surface area contributed by atoms with Crippen molar-refractivity contribution < 1.29 is 9.34 Å². The average Bonchev–Trinajstić information content (AvgIpc) is 3.34. The van der Waals surface area contributed by atoms with E-state index in [0.29, 0.717) is 33.0 Å². The van der Waals surface area contributed by atoms with Gasteiger partial charge in [-0.2, -0.15) is 5.26 Å². The molecule has 0 saturated carbocycles. The molecule has 164 valence electrons. The molecule has 1 aromatic carbocycles. The lowest BCUT2D eigenvalue weighted by Gasteiger charge is -2.33. The van der Waals surface area contributed by atoms with E-state index in [1.54, 1.807) is 35.8 Å². The fraction of sp³-hybridized carbons (Fsp3) is 0.333. The standard InChI is InChI=1S/C24H22BrN3O3S/c1-24(2,3)14-4-7-17-19(12-26)23(32-22(17)10-14)27-13-16-6-9-21(31-16)18-8-5-15(28(29)30)11-20(18)25/h5-6,8-9,11,13-14H,4,7,10H2,1-3H3/t14-/m0/s1. The number of hydrogen-bond donors (Lipinski definition) is 0. The number of rotatable bonds is 4. The molecule has 2 aromatic heterocycles. The molecule has 0 unspecified atom stereocenters. The Hall–Kier alpha value is -2.76. The molecule has 0 bridgehead atoms. The van der Waals surface area contributed by atoms with Crippen molar-refractivity contribution in [3.63, 3.8) is 0 Å². The van der Waals surface area contributed by atoms with Crippen LogP contribution in [0.25, 0.3) is 11.3 Å². The average molecular weight is 512 g/mol. The largest absolute Gasteiger partial charge is 0.455 e. The SMILES string of the molecule is CC(C)(C)[C@H]1CCc2c(sc(N=Cc3ccc(-c4ccc([N+](=O)[O-])cc4Br)o3)c2C#N)C1. The quantitative estimate of drug-likeness (QED) is 0.206. The highest BCUT2D eigenvalue weighted by Crippen LogP contribution is 2.45. The van der Waals surface area contributed by atoms with E-state index in [9.17, 15) is 15.4 Å². The predicted molar refractivity (Wildman–Crippen MR) is 130 cm³/mol. The zero-order valence-electron chi connectivity index (χ0n) is 18.0. The molecular weight excluding hydrogens is 490 g/mol. The van der Waals surface area contributed by atoms with E-state index < -0.39 is 4.92 Å². The summed E-state index contributed by atoms with van der Waals surface area (Å²) in [4.78, 5) is 16.4. The van der Waals surface area contributed by atoms with E-state index in [2.05, 4.69) is 47.8 Å². The minimum atomic E-state index is -0.439. The molecule has 8 heteroatoms. The summed E-state index contributed by atoms with van der Waals surface area (Å²) in [6.07, 6.45) is 4.64. The molecule has 1 atom stereocenters. The summed E-state index contributed by atoms with van der Waals surface area (Å²) in [5.74, 6) is 1.73. The maximum absolute atomic E-state index is 10.9. The molecule has 0 amide bonds. The van der Waals surface area contributed by atoms with E-state index in [1.807, 2.05) is 0 Å². The number of non-ortho nitro benzene ring substituents is 1. The zero-order chi connectivity index (χ0) is 23.0. The zero-order valence-corrected chi connectivity index (χ0v) is 20.4. The molecule has 32 heavy (non-hydrogen) atoms. The lowest BCUT2D eigenvalue weighted by molar-refractivity contribution is -0.384. The number of aliphatic imine (C=N–C) groups is 1. The molecule has 4 rings (SSSR count). The summed E-state index contributed by atoms with van der Waals surface area (Å²) < 4.78 is 6.46. The van der Waals surface area contributed by atoms with Gasteiger partial charge in [-0.15, -0.1) is 11.3 Å². The van der Waals surface area contributed by atoms with E-state index >= 15 is 0 Å². The number of halogens is 1. The lowest BCUT2D eigenvalue weighted by atomic mass is 9.72. The van der Waals surface area contributed by atoms with Crippen molar-refractivity contribution in [2.45, 2.75) is 40.0 Å². The summed E-state index contributed by atoms with van der Waals surface area (Å²) in [7, 11) is 0. The molecule has 0 saturated heterocycles. The Morgan fingerprint density at radius 2 is 2.12 bits per heavy atom. The van der Waals surface area contributed by atoms with Crippen molar-refractivity contribution in [3.05, 3.63) is 66.7 Å². The first kappa shape index (κ1) is 22.4. The van der Waals surface area contributed by atoms with Crippen LogP contribution in [-0.4, -0.2) is 11.1 Å². The number of fused-ring (bicyclic) bond motifs is 1. The number of nitrogens with zero attached hydrogens (tertiary/aromatic N) is 3. The van der Waals surface area contributed by atoms with Gasteiger partial charge in [0.15, 0.2) is 0 Å². The van der Waals surface area contributed by atoms with Gasteiger partial charge in [-0.05, 0) is 70.3 Å². The molecule has 0 radical (unpaired) electrons. The van der Waals surface area contributed by atoms with Crippen LogP contribution in [0.5, 0.6) is 0 Å². The highest BCUT2D eigenvalue weighted by atomic mass is 79.9. The Morgan fingerprint density at radius 1 is 1.34 bits per heavy atom. The summed E-state index contributed by atoms with van der Waals surface area (Å²) >= 11 is 4.98. The van der Waals surface area contributed by atoms with Gasteiger partial charge in [0.1, 0.15) is 22.6 Å². The number of hydrogen-bond acceptors (Lipinski definition) is 6. The number of benzene rings is 1. The Morgan fingerprint density at radius 3 is 2.78 bits per heavy atom. The Bertz CT molecular complexity index is 1260. The van der Waals surface area contributed by atoms with Crippen molar-refractivity contribution in [3.8, 4) is 17.4 Å². The highest BCUT2D eigenvalue weighted by molar-refractivity contribution is 9.10.